The van der Waals surface area contributed by atoms with Crippen molar-refractivity contribution in [3.8, 4) is 5.75 Å². The van der Waals surface area contributed by atoms with E-state index in [-0.39, 0.29) is 23.6 Å². The topological polar surface area (TPSA) is 72.6 Å². The normalized spacial score (nSPS) is 24.3. The van der Waals surface area contributed by atoms with Gasteiger partial charge in [-0.2, -0.15) is 0 Å². The fraction of sp³-hybridized carbons (Fsp3) is 0.500. The molecule has 1 aromatic carbocycles. The summed E-state index contributed by atoms with van der Waals surface area (Å²) in [6.45, 7) is 0. The van der Waals surface area contributed by atoms with E-state index in [4.69, 9.17) is 4.74 Å². The minimum atomic E-state index is -0.450. The molecule has 5 nitrogen and oxygen atoms in total. The first-order chi connectivity index (χ1) is 8.16. The Hall–Kier alpha value is -1.62. The molecule has 1 fully saturated rings. The molecule has 0 amide bonds. The zero-order valence-electron chi connectivity index (χ0n) is 9.41. The Morgan fingerprint density at radius 1 is 1.35 bits per heavy atom. The highest BCUT2D eigenvalue weighted by atomic mass is 16.6. The smallest absolute Gasteiger partial charge is 0.310 e. The van der Waals surface area contributed by atoms with Crippen molar-refractivity contribution in [1.82, 2.24) is 0 Å². The first-order valence-electron chi connectivity index (χ1n) is 5.75. The van der Waals surface area contributed by atoms with Gasteiger partial charge >= 0.3 is 5.69 Å². The molecule has 2 atom stereocenters. The van der Waals surface area contributed by atoms with E-state index in [1.54, 1.807) is 18.2 Å². The highest BCUT2D eigenvalue weighted by molar-refractivity contribution is 5.45. The second-order valence-corrected chi connectivity index (χ2v) is 4.29. The van der Waals surface area contributed by atoms with Crippen LogP contribution in [0.2, 0.25) is 0 Å². The van der Waals surface area contributed by atoms with E-state index in [0.29, 0.717) is 6.42 Å². The van der Waals surface area contributed by atoms with Crippen LogP contribution in [-0.2, 0) is 0 Å². The lowest BCUT2D eigenvalue weighted by molar-refractivity contribution is -0.386. The van der Waals surface area contributed by atoms with Gasteiger partial charge in [0.1, 0.15) is 6.10 Å². The fourth-order valence-corrected chi connectivity index (χ4v) is 2.11. The third kappa shape index (κ3) is 2.94. The van der Waals surface area contributed by atoms with E-state index in [2.05, 4.69) is 0 Å². The number of hydrogen-bond acceptors (Lipinski definition) is 4. The van der Waals surface area contributed by atoms with Crippen molar-refractivity contribution in [3.63, 3.8) is 0 Å². The highest BCUT2D eigenvalue weighted by Crippen LogP contribution is 2.30. The van der Waals surface area contributed by atoms with Gasteiger partial charge in [-0.3, -0.25) is 10.1 Å². The summed E-state index contributed by atoms with van der Waals surface area (Å²) in [7, 11) is 0. The molecule has 0 bridgehead atoms. The molecule has 0 saturated heterocycles. The molecule has 0 aliphatic heterocycles. The molecule has 1 aromatic rings. The van der Waals surface area contributed by atoms with Crippen molar-refractivity contribution in [3.05, 3.63) is 34.4 Å². The first-order valence-corrected chi connectivity index (χ1v) is 5.75. The molecule has 1 aliphatic rings. The number of nitrogens with zero attached hydrogens (tertiary/aromatic N) is 1. The summed E-state index contributed by atoms with van der Waals surface area (Å²) in [5, 5.41) is 20.3. The van der Waals surface area contributed by atoms with Gasteiger partial charge in [-0.05, 0) is 25.3 Å². The summed E-state index contributed by atoms with van der Waals surface area (Å²) in [4.78, 5) is 10.4. The van der Waals surface area contributed by atoms with Gasteiger partial charge in [-0.1, -0.05) is 12.1 Å². The number of rotatable bonds is 3. The number of para-hydroxylation sites is 2. The van der Waals surface area contributed by atoms with Gasteiger partial charge in [0.05, 0.1) is 11.0 Å². The van der Waals surface area contributed by atoms with Crippen molar-refractivity contribution in [2.75, 3.05) is 0 Å². The maximum atomic E-state index is 10.8. The van der Waals surface area contributed by atoms with Crippen molar-refractivity contribution in [2.24, 2.45) is 0 Å². The number of hydrogen-bond donors (Lipinski definition) is 1. The predicted molar refractivity (Wildman–Crippen MR) is 62.0 cm³/mol. The number of aliphatic hydroxyl groups excluding tert-OH is 1. The van der Waals surface area contributed by atoms with Gasteiger partial charge in [0.15, 0.2) is 5.75 Å². The zero-order valence-corrected chi connectivity index (χ0v) is 9.41. The monoisotopic (exact) mass is 237 g/mol. The van der Waals surface area contributed by atoms with Gasteiger partial charge in [0.2, 0.25) is 0 Å². The van der Waals surface area contributed by atoms with E-state index in [1.165, 1.54) is 6.07 Å². The Morgan fingerprint density at radius 3 is 2.82 bits per heavy atom. The molecule has 2 rings (SSSR count). The molecule has 0 radical (unpaired) electrons. The molecule has 92 valence electrons. The standard InChI is InChI=1S/C12H15NO4/c14-9-4-3-5-10(8-9)17-12-7-2-1-6-11(12)13(15)16/h1-2,6-7,9-10,14H,3-5,8H2/t9-,10+/m0/s1. The van der Waals surface area contributed by atoms with Crippen molar-refractivity contribution < 1.29 is 14.8 Å². The quantitative estimate of drug-likeness (QED) is 0.646. The number of benzene rings is 1. The molecule has 0 heterocycles. The van der Waals surface area contributed by atoms with E-state index < -0.39 is 4.92 Å². The first kappa shape index (κ1) is 11.9. The summed E-state index contributed by atoms with van der Waals surface area (Å²) in [6, 6.07) is 6.34. The molecule has 5 heteroatoms. The molecular formula is C12H15NO4. The van der Waals surface area contributed by atoms with Crippen molar-refractivity contribution in [2.45, 2.75) is 37.9 Å². The lowest BCUT2D eigenvalue weighted by Crippen LogP contribution is -2.28. The van der Waals surface area contributed by atoms with Gasteiger partial charge in [0, 0.05) is 12.5 Å². The number of aliphatic hydroxyl groups is 1. The summed E-state index contributed by atoms with van der Waals surface area (Å²) < 4.78 is 5.62. The van der Waals surface area contributed by atoms with Crippen LogP contribution in [0.1, 0.15) is 25.7 Å². The molecule has 1 saturated carbocycles. The number of nitro benzene ring substituents is 1. The summed E-state index contributed by atoms with van der Waals surface area (Å²) >= 11 is 0. The Bertz CT molecular complexity index is 407. The number of ether oxygens (including phenoxy) is 1. The lowest BCUT2D eigenvalue weighted by atomic mass is 9.95. The predicted octanol–water partition coefficient (Wildman–Crippen LogP) is 2.28. The van der Waals surface area contributed by atoms with Gasteiger partial charge in [0.25, 0.3) is 0 Å². The second kappa shape index (κ2) is 5.14. The van der Waals surface area contributed by atoms with Crippen molar-refractivity contribution >= 4 is 5.69 Å². The molecule has 0 spiro atoms. The largest absolute Gasteiger partial charge is 0.483 e. The van der Waals surface area contributed by atoms with Gasteiger partial charge < -0.3 is 9.84 Å². The summed E-state index contributed by atoms with van der Waals surface area (Å²) in [6.07, 6.45) is 2.59. The Morgan fingerprint density at radius 2 is 2.12 bits per heavy atom. The SMILES string of the molecule is O=[N+]([O-])c1ccccc1O[C@@H]1CCC[C@H](O)C1. The highest BCUT2D eigenvalue weighted by Gasteiger charge is 2.24. The van der Waals surface area contributed by atoms with E-state index in [0.717, 1.165) is 19.3 Å². The summed E-state index contributed by atoms with van der Waals surface area (Å²) in [5.74, 6) is 0.289. The van der Waals surface area contributed by atoms with Crippen LogP contribution in [0.4, 0.5) is 5.69 Å². The van der Waals surface area contributed by atoms with Gasteiger partial charge in [-0.15, -0.1) is 0 Å². The third-order valence-electron chi connectivity index (χ3n) is 2.95. The van der Waals surface area contributed by atoms with E-state index >= 15 is 0 Å². The van der Waals surface area contributed by atoms with Crippen LogP contribution in [0.3, 0.4) is 0 Å². The zero-order chi connectivity index (χ0) is 12.3. The number of nitro groups is 1. The molecule has 0 unspecified atom stereocenters. The second-order valence-electron chi connectivity index (χ2n) is 4.29. The minimum absolute atomic E-state index is 0.0208. The Kier molecular flexibility index (Phi) is 3.58. The summed E-state index contributed by atoms with van der Waals surface area (Å²) in [5.41, 5.74) is -0.0208. The van der Waals surface area contributed by atoms with Crippen LogP contribution in [0.5, 0.6) is 5.75 Å². The Labute approximate surface area is 99.2 Å². The maximum absolute atomic E-state index is 10.8. The molecule has 1 N–H and O–H groups in total. The average molecular weight is 237 g/mol. The third-order valence-corrected chi connectivity index (χ3v) is 2.95. The van der Waals surface area contributed by atoms with Crippen LogP contribution in [-0.4, -0.2) is 22.2 Å². The van der Waals surface area contributed by atoms with E-state index in [1.807, 2.05) is 0 Å². The van der Waals surface area contributed by atoms with Crippen LogP contribution < -0.4 is 4.74 Å². The fourth-order valence-electron chi connectivity index (χ4n) is 2.11. The molecule has 0 aromatic heterocycles. The maximum Gasteiger partial charge on any atom is 0.310 e. The van der Waals surface area contributed by atoms with Crippen LogP contribution in [0.15, 0.2) is 24.3 Å². The van der Waals surface area contributed by atoms with Crippen LogP contribution in [0.25, 0.3) is 0 Å². The van der Waals surface area contributed by atoms with Crippen LogP contribution in [0, 0.1) is 10.1 Å². The lowest BCUT2D eigenvalue weighted by Gasteiger charge is -2.26. The van der Waals surface area contributed by atoms with Crippen LogP contribution >= 0.6 is 0 Å². The van der Waals surface area contributed by atoms with Gasteiger partial charge in [-0.25, -0.2) is 0 Å². The average Bonchev–Trinajstić information content (AvgIpc) is 2.29. The molecular weight excluding hydrogens is 222 g/mol. The Balaban J connectivity index is 2.10. The minimum Gasteiger partial charge on any atom is -0.483 e. The van der Waals surface area contributed by atoms with E-state index in [9.17, 15) is 15.2 Å². The molecule has 17 heavy (non-hydrogen) atoms. The van der Waals surface area contributed by atoms with Crippen molar-refractivity contribution in [1.29, 1.82) is 0 Å². The molecule has 1 aliphatic carbocycles.